The van der Waals surface area contributed by atoms with Gasteiger partial charge in [-0.05, 0) is 19.3 Å². The molecule has 0 aliphatic rings. The van der Waals surface area contributed by atoms with E-state index in [1.54, 1.807) is 0 Å². The van der Waals surface area contributed by atoms with Crippen LogP contribution in [0.1, 0.15) is 40.5 Å². The fourth-order valence-electron chi connectivity index (χ4n) is 1.72. The topological polar surface area (TPSA) is 29.9 Å². The van der Waals surface area contributed by atoms with Crippen LogP contribution in [0.25, 0.3) is 0 Å². The van der Waals surface area contributed by atoms with Gasteiger partial charge in [-0.1, -0.05) is 27.2 Å². The van der Waals surface area contributed by atoms with Crippen molar-refractivity contribution in [1.29, 1.82) is 0 Å². The maximum absolute atomic E-state index is 4.34. The van der Waals surface area contributed by atoms with Crippen LogP contribution in [-0.4, -0.2) is 15.6 Å². The second kappa shape index (κ2) is 5.79. The van der Waals surface area contributed by atoms with Gasteiger partial charge in [-0.25, -0.2) is 4.98 Å². The molecule has 0 spiro atoms. The van der Waals surface area contributed by atoms with Crippen molar-refractivity contribution in [3.05, 3.63) is 12.4 Å². The molecule has 86 valence electrons. The first-order valence-electron chi connectivity index (χ1n) is 5.91. The summed E-state index contributed by atoms with van der Waals surface area (Å²) >= 11 is 0. The van der Waals surface area contributed by atoms with E-state index in [1.165, 1.54) is 12.8 Å². The first-order valence-corrected chi connectivity index (χ1v) is 5.91. The maximum atomic E-state index is 4.34. The summed E-state index contributed by atoms with van der Waals surface area (Å²) in [5.41, 5.74) is 0. The molecule has 1 aromatic rings. The molecule has 1 aromatic heterocycles. The number of hydrogen-bond donors (Lipinski definition) is 1. The molecule has 0 radical (unpaired) electrons. The Morgan fingerprint density at radius 3 is 2.73 bits per heavy atom. The highest BCUT2D eigenvalue weighted by Gasteiger charge is 2.07. The fourth-order valence-corrected chi connectivity index (χ4v) is 1.72. The lowest BCUT2D eigenvalue weighted by Gasteiger charge is -2.16. The van der Waals surface area contributed by atoms with Crippen LogP contribution < -0.4 is 5.32 Å². The van der Waals surface area contributed by atoms with Crippen molar-refractivity contribution in [3.63, 3.8) is 0 Å². The van der Waals surface area contributed by atoms with Crippen LogP contribution in [0.4, 0.5) is 5.95 Å². The summed E-state index contributed by atoms with van der Waals surface area (Å²) in [5, 5.41) is 3.45. The third-order valence-electron chi connectivity index (χ3n) is 2.37. The van der Waals surface area contributed by atoms with Crippen molar-refractivity contribution >= 4 is 5.95 Å². The van der Waals surface area contributed by atoms with Crippen molar-refractivity contribution < 1.29 is 0 Å². The molecule has 3 heteroatoms. The number of aromatic nitrogens is 2. The number of nitrogens with zero attached hydrogens (tertiary/aromatic N) is 2. The third-order valence-corrected chi connectivity index (χ3v) is 2.37. The molecule has 0 amide bonds. The van der Waals surface area contributed by atoms with Crippen molar-refractivity contribution in [3.8, 4) is 0 Å². The molecule has 1 atom stereocenters. The normalized spacial score (nSPS) is 13.1. The maximum Gasteiger partial charge on any atom is 0.202 e. The molecule has 0 bridgehead atoms. The molecular formula is C12H23N3. The van der Waals surface area contributed by atoms with E-state index in [0.29, 0.717) is 12.0 Å². The van der Waals surface area contributed by atoms with Crippen LogP contribution in [0.3, 0.4) is 0 Å². The van der Waals surface area contributed by atoms with E-state index >= 15 is 0 Å². The van der Waals surface area contributed by atoms with Gasteiger partial charge in [0.25, 0.3) is 0 Å². The summed E-state index contributed by atoms with van der Waals surface area (Å²) in [4.78, 5) is 4.34. The summed E-state index contributed by atoms with van der Waals surface area (Å²) < 4.78 is 2.19. The van der Waals surface area contributed by atoms with Crippen LogP contribution >= 0.6 is 0 Å². The Balaban J connectivity index is 2.56. The van der Waals surface area contributed by atoms with Gasteiger partial charge in [-0.2, -0.15) is 0 Å². The number of nitrogens with one attached hydrogen (secondary N) is 1. The predicted octanol–water partition coefficient (Wildman–Crippen LogP) is 3.14. The van der Waals surface area contributed by atoms with E-state index in [9.17, 15) is 0 Å². The lowest BCUT2D eigenvalue weighted by atomic mass is 10.2. The average molecular weight is 209 g/mol. The molecule has 0 aliphatic heterocycles. The molecule has 15 heavy (non-hydrogen) atoms. The highest BCUT2D eigenvalue weighted by molar-refractivity contribution is 5.27. The zero-order valence-corrected chi connectivity index (χ0v) is 10.3. The van der Waals surface area contributed by atoms with Gasteiger partial charge in [0.1, 0.15) is 0 Å². The first kappa shape index (κ1) is 12.1. The lowest BCUT2D eigenvalue weighted by Crippen LogP contribution is -2.18. The summed E-state index contributed by atoms with van der Waals surface area (Å²) in [7, 11) is 0. The number of anilines is 1. The van der Waals surface area contributed by atoms with Crippen molar-refractivity contribution in [2.75, 3.05) is 5.32 Å². The Labute approximate surface area is 92.9 Å². The highest BCUT2D eigenvalue weighted by Crippen LogP contribution is 2.11. The largest absolute Gasteiger partial charge is 0.353 e. The van der Waals surface area contributed by atoms with Gasteiger partial charge in [0.15, 0.2) is 0 Å². The standard InChI is InChI=1S/C12H23N3/c1-5-6-11(4)14-12-13-7-8-15(12)9-10(2)3/h7-8,10-11H,5-6,9H2,1-4H3,(H,13,14). The molecule has 0 saturated heterocycles. The van der Waals surface area contributed by atoms with Gasteiger partial charge >= 0.3 is 0 Å². The summed E-state index contributed by atoms with van der Waals surface area (Å²) in [6.45, 7) is 9.89. The minimum absolute atomic E-state index is 0.503. The van der Waals surface area contributed by atoms with Gasteiger partial charge in [-0.3, -0.25) is 0 Å². The second-order valence-corrected chi connectivity index (χ2v) is 4.63. The monoisotopic (exact) mass is 209 g/mol. The average Bonchev–Trinajstić information content (AvgIpc) is 2.52. The summed E-state index contributed by atoms with van der Waals surface area (Å²) in [6.07, 6.45) is 6.30. The SMILES string of the molecule is CCCC(C)Nc1nccn1CC(C)C. The third kappa shape index (κ3) is 3.94. The molecule has 1 heterocycles. The zero-order valence-electron chi connectivity index (χ0n) is 10.3. The summed E-state index contributed by atoms with van der Waals surface area (Å²) in [6, 6.07) is 0.503. The fraction of sp³-hybridized carbons (Fsp3) is 0.750. The predicted molar refractivity (Wildman–Crippen MR) is 65.1 cm³/mol. The molecule has 1 rings (SSSR count). The van der Waals surface area contributed by atoms with E-state index in [1.807, 2.05) is 12.4 Å². The van der Waals surface area contributed by atoms with E-state index in [-0.39, 0.29) is 0 Å². The molecule has 1 unspecified atom stereocenters. The lowest BCUT2D eigenvalue weighted by molar-refractivity contribution is 0.523. The Hall–Kier alpha value is -0.990. The quantitative estimate of drug-likeness (QED) is 0.780. The molecule has 0 fully saturated rings. The Morgan fingerprint density at radius 1 is 1.40 bits per heavy atom. The number of imidazole rings is 1. The summed E-state index contributed by atoms with van der Waals surface area (Å²) in [5.74, 6) is 1.66. The molecule has 0 saturated carbocycles. The minimum Gasteiger partial charge on any atom is -0.353 e. The van der Waals surface area contributed by atoms with Gasteiger partial charge in [0.05, 0.1) is 0 Å². The van der Waals surface area contributed by atoms with Gasteiger partial charge in [0, 0.05) is 25.0 Å². The van der Waals surface area contributed by atoms with Crippen LogP contribution in [0.5, 0.6) is 0 Å². The van der Waals surface area contributed by atoms with Crippen molar-refractivity contribution in [2.45, 2.75) is 53.1 Å². The minimum atomic E-state index is 0.503. The van der Waals surface area contributed by atoms with Crippen molar-refractivity contribution in [1.82, 2.24) is 9.55 Å². The molecule has 3 nitrogen and oxygen atoms in total. The van der Waals surface area contributed by atoms with Gasteiger partial charge in [0.2, 0.25) is 5.95 Å². The molecule has 1 N–H and O–H groups in total. The Morgan fingerprint density at radius 2 is 2.13 bits per heavy atom. The first-order chi connectivity index (χ1) is 7.13. The number of rotatable bonds is 6. The zero-order chi connectivity index (χ0) is 11.3. The van der Waals surface area contributed by atoms with Crippen LogP contribution in [-0.2, 0) is 6.54 Å². The Kier molecular flexibility index (Phi) is 4.66. The Bertz CT molecular complexity index is 278. The van der Waals surface area contributed by atoms with Crippen LogP contribution in [0.2, 0.25) is 0 Å². The van der Waals surface area contributed by atoms with Crippen molar-refractivity contribution in [2.24, 2.45) is 5.92 Å². The molecular weight excluding hydrogens is 186 g/mol. The smallest absolute Gasteiger partial charge is 0.202 e. The van der Waals surface area contributed by atoms with Gasteiger partial charge in [-0.15, -0.1) is 0 Å². The molecule has 0 aliphatic carbocycles. The van der Waals surface area contributed by atoms with Gasteiger partial charge < -0.3 is 9.88 Å². The van der Waals surface area contributed by atoms with E-state index in [0.717, 1.165) is 12.5 Å². The van der Waals surface area contributed by atoms with E-state index in [2.05, 4.69) is 42.6 Å². The van der Waals surface area contributed by atoms with Crippen LogP contribution in [0.15, 0.2) is 12.4 Å². The second-order valence-electron chi connectivity index (χ2n) is 4.63. The highest BCUT2D eigenvalue weighted by atomic mass is 15.2. The molecule has 0 aromatic carbocycles. The number of hydrogen-bond acceptors (Lipinski definition) is 2. The van der Waals surface area contributed by atoms with E-state index in [4.69, 9.17) is 0 Å². The van der Waals surface area contributed by atoms with Crippen LogP contribution in [0, 0.1) is 5.92 Å². The van der Waals surface area contributed by atoms with E-state index < -0.39 is 0 Å².